The zero-order chi connectivity index (χ0) is 23.1. The SMILES string of the molecule is C=CC(=O)N1CCC[C@@H](N2NC(C(=O)Nc3nc4cc(Cl)ccc4o3)=C3C(=N)N=CCC32)C1. The van der Waals surface area contributed by atoms with Crippen molar-refractivity contribution >= 4 is 52.6 Å². The van der Waals surface area contributed by atoms with Gasteiger partial charge in [-0.15, -0.1) is 0 Å². The van der Waals surface area contributed by atoms with Crippen LogP contribution in [0.4, 0.5) is 6.01 Å². The Morgan fingerprint density at radius 1 is 1.39 bits per heavy atom. The number of hydrogen-bond donors (Lipinski definition) is 3. The molecule has 5 rings (SSSR count). The highest BCUT2D eigenvalue weighted by Gasteiger charge is 2.43. The molecule has 0 radical (unpaired) electrons. The monoisotopic (exact) mass is 467 g/mol. The molecule has 3 N–H and O–H groups in total. The molecule has 1 unspecified atom stereocenters. The highest BCUT2D eigenvalue weighted by molar-refractivity contribution is 6.31. The summed E-state index contributed by atoms with van der Waals surface area (Å²) in [6.45, 7) is 4.76. The van der Waals surface area contributed by atoms with E-state index in [0.717, 1.165) is 12.8 Å². The van der Waals surface area contributed by atoms with E-state index in [1.807, 2.05) is 5.01 Å². The van der Waals surface area contributed by atoms with Gasteiger partial charge in [0.25, 0.3) is 5.91 Å². The third-order valence-electron chi connectivity index (χ3n) is 6.06. The van der Waals surface area contributed by atoms with E-state index >= 15 is 0 Å². The summed E-state index contributed by atoms with van der Waals surface area (Å²) in [6, 6.07) is 4.78. The van der Waals surface area contributed by atoms with Crippen molar-refractivity contribution in [3.8, 4) is 0 Å². The topological polar surface area (TPSA) is 127 Å². The molecule has 3 aliphatic heterocycles. The number of aliphatic imine (C=N–C) groups is 1. The number of rotatable bonds is 4. The molecule has 0 bridgehead atoms. The quantitative estimate of drug-likeness (QED) is 0.593. The summed E-state index contributed by atoms with van der Waals surface area (Å²) in [5.41, 5.74) is 4.97. The van der Waals surface area contributed by atoms with Gasteiger partial charge < -0.3 is 14.7 Å². The van der Waals surface area contributed by atoms with Gasteiger partial charge in [-0.2, -0.15) is 4.98 Å². The van der Waals surface area contributed by atoms with Crippen LogP contribution in [0.2, 0.25) is 5.02 Å². The zero-order valence-electron chi connectivity index (χ0n) is 17.7. The predicted octanol–water partition coefficient (Wildman–Crippen LogP) is 2.49. The van der Waals surface area contributed by atoms with E-state index < -0.39 is 5.91 Å². The first-order valence-corrected chi connectivity index (χ1v) is 11.0. The number of anilines is 1. The van der Waals surface area contributed by atoms with Crippen molar-refractivity contribution in [1.29, 1.82) is 5.41 Å². The number of carbonyl (C=O) groups excluding carboxylic acids is 2. The lowest BCUT2D eigenvalue weighted by Gasteiger charge is -2.40. The normalized spacial score (nSPS) is 22.9. The third-order valence-corrected chi connectivity index (χ3v) is 6.29. The van der Waals surface area contributed by atoms with Crippen molar-refractivity contribution in [2.45, 2.75) is 31.3 Å². The second kappa shape index (κ2) is 8.45. The molecule has 2 amide bonds. The van der Waals surface area contributed by atoms with Crippen molar-refractivity contribution in [1.82, 2.24) is 20.3 Å². The molecule has 0 spiro atoms. The molecule has 10 nitrogen and oxygen atoms in total. The number of nitrogens with one attached hydrogen (secondary N) is 3. The van der Waals surface area contributed by atoms with Gasteiger partial charge in [-0.05, 0) is 37.1 Å². The van der Waals surface area contributed by atoms with Crippen molar-refractivity contribution in [3.05, 3.63) is 47.1 Å². The summed E-state index contributed by atoms with van der Waals surface area (Å²) < 4.78 is 5.61. The number of piperidine rings is 1. The summed E-state index contributed by atoms with van der Waals surface area (Å²) in [5, 5.41) is 13.5. The fraction of sp³-hybridized carbons (Fsp3) is 0.318. The fourth-order valence-electron chi connectivity index (χ4n) is 4.54. The molecule has 1 aromatic heterocycles. The van der Waals surface area contributed by atoms with Crippen molar-refractivity contribution < 1.29 is 14.0 Å². The molecule has 2 aromatic rings. The number of hydrazine groups is 1. The highest BCUT2D eigenvalue weighted by atomic mass is 35.5. The molecule has 33 heavy (non-hydrogen) atoms. The third kappa shape index (κ3) is 3.91. The zero-order valence-corrected chi connectivity index (χ0v) is 18.4. The van der Waals surface area contributed by atoms with E-state index in [1.54, 1.807) is 29.3 Å². The number of carbonyl (C=O) groups is 2. The Kier molecular flexibility index (Phi) is 5.47. The van der Waals surface area contributed by atoms with E-state index in [-0.39, 0.29) is 35.5 Å². The largest absolute Gasteiger partial charge is 0.423 e. The number of aromatic nitrogens is 1. The van der Waals surface area contributed by atoms with Crippen LogP contribution in [0.5, 0.6) is 0 Å². The Morgan fingerprint density at radius 3 is 3.06 bits per heavy atom. The van der Waals surface area contributed by atoms with Gasteiger partial charge in [-0.25, -0.2) is 10.0 Å². The smallest absolute Gasteiger partial charge is 0.302 e. The van der Waals surface area contributed by atoms with Crippen molar-refractivity contribution in [3.63, 3.8) is 0 Å². The molecule has 3 aliphatic rings. The van der Waals surface area contributed by atoms with Crippen molar-refractivity contribution in [2.24, 2.45) is 4.99 Å². The molecule has 170 valence electrons. The molecule has 2 atom stereocenters. The van der Waals surface area contributed by atoms with Gasteiger partial charge in [0.2, 0.25) is 5.91 Å². The first-order valence-electron chi connectivity index (χ1n) is 10.6. The maximum absolute atomic E-state index is 13.2. The average Bonchev–Trinajstić information content (AvgIpc) is 3.40. The standard InChI is InChI=1S/C22H22ClN7O3/c1-2-17(31)29-9-3-4-13(11-29)30-15-7-8-25-20(24)18(15)19(28-30)21(32)27-22-26-14-10-12(23)5-6-16(14)33-22/h2,5-6,8,10,13,15,24,28H,1,3-4,7,9,11H2,(H,26,27,32)/t13-,15?/m1/s1. The molecule has 11 heteroatoms. The van der Waals surface area contributed by atoms with E-state index in [2.05, 4.69) is 27.3 Å². The second-order valence-corrected chi connectivity index (χ2v) is 8.53. The number of amides is 2. The number of hydrogen-bond acceptors (Lipinski definition) is 7. The van der Waals surface area contributed by atoms with Crippen LogP contribution < -0.4 is 10.7 Å². The molecule has 0 aliphatic carbocycles. The average molecular weight is 468 g/mol. The molecule has 1 aromatic carbocycles. The molecular weight excluding hydrogens is 446 g/mol. The van der Waals surface area contributed by atoms with E-state index in [4.69, 9.17) is 21.4 Å². The van der Waals surface area contributed by atoms with Crippen LogP contribution >= 0.6 is 11.6 Å². The van der Waals surface area contributed by atoms with Gasteiger partial charge in [-0.1, -0.05) is 18.2 Å². The van der Waals surface area contributed by atoms with Gasteiger partial charge >= 0.3 is 6.01 Å². The summed E-state index contributed by atoms with van der Waals surface area (Å²) >= 11 is 6.00. The number of likely N-dealkylation sites (tertiary alicyclic amines) is 1. The summed E-state index contributed by atoms with van der Waals surface area (Å²) in [4.78, 5) is 35.5. The van der Waals surface area contributed by atoms with Gasteiger partial charge in [0, 0.05) is 42.4 Å². The second-order valence-electron chi connectivity index (χ2n) is 8.09. The molecule has 1 saturated heterocycles. The van der Waals surface area contributed by atoms with Crippen LogP contribution in [0.3, 0.4) is 0 Å². The lowest BCUT2D eigenvalue weighted by Crippen LogP contribution is -2.55. The maximum Gasteiger partial charge on any atom is 0.302 e. The van der Waals surface area contributed by atoms with Crippen molar-refractivity contribution in [2.75, 3.05) is 18.4 Å². The highest BCUT2D eigenvalue weighted by Crippen LogP contribution is 2.32. The molecule has 0 saturated carbocycles. The number of benzene rings is 1. The number of amidine groups is 1. The van der Waals surface area contributed by atoms with Gasteiger partial charge in [0.05, 0.1) is 6.04 Å². The number of fused-ring (bicyclic) bond motifs is 2. The summed E-state index contributed by atoms with van der Waals surface area (Å²) in [6.07, 6.45) is 5.24. The van der Waals surface area contributed by atoms with Gasteiger partial charge in [0.1, 0.15) is 11.2 Å². The number of oxazole rings is 1. The Bertz CT molecular complexity index is 1230. The molecule has 1 fully saturated rings. The van der Waals surface area contributed by atoms with Crippen LogP contribution in [-0.4, -0.2) is 63.9 Å². The first-order chi connectivity index (χ1) is 15.9. The lowest BCUT2D eigenvalue weighted by molar-refractivity contribution is -0.128. The van der Waals surface area contributed by atoms with Gasteiger partial charge in [-0.3, -0.25) is 20.3 Å². The fourth-order valence-corrected chi connectivity index (χ4v) is 4.70. The minimum Gasteiger partial charge on any atom is -0.423 e. The summed E-state index contributed by atoms with van der Waals surface area (Å²) in [7, 11) is 0. The van der Waals surface area contributed by atoms with Crippen LogP contribution in [0.25, 0.3) is 11.1 Å². The van der Waals surface area contributed by atoms with E-state index in [1.165, 1.54) is 6.08 Å². The van der Waals surface area contributed by atoms with Crippen LogP contribution in [0.1, 0.15) is 19.3 Å². The number of nitrogens with zero attached hydrogens (tertiary/aromatic N) is 4. The van der Waals surface area contributed by atoms with Crippen LogP contribution in [0.15, 0.2) is 51.5 Å². The van der Waals surface area contributed by atoms with Gasteiger partial charge in [0.15, 0.2) is 11.4 Å². The van der Waals surface area contributed by atoms with E-state index in [0.29, 0.717) is 41.2 Å². The van der Waals surface area contributed by atoms with Crippen LogP contribution in [-0.2, 0) is 9.59 Å². The minimum atomic E-state index is -0.480. The summed E-state index contributed by atoms with van der Waals surface area (Å²) in [5.74, 6) is -0.559. The number of halogens is 1. The predicted molar refractivity (Wildman–Crippen MR) is 124 cm³/mol. The Balaban J connectivity index is 1.40. The van der Waals surface area contributed by atoms with Crippen LogP contribution in [0, 0.1) is 5.41 Å². The molecule has 4 heterocycles. The lowest BCUT2D eigenvalue weighted by atomic mass is 9.96. The minimum absolute atomic E-state index is 0.0290. The first kappa shape index (κ1) is 21.4. The Hall–Kier alpha value is -3.50. The Morgan fingerprint density at radius 2 is 2.24 bits per heavy atom. The molecular formula is C22H22ClN7O3. The Labute approximate surface area is 194 Å². The maximum atomic E-state index is 13.2. The van der Waals surface area contributed by atoms with E-state index in [9.17, 15) is 9.59 Å².